The second kappa shape index (κ2) is 12.6. The summed E-state index contributed by atoms with van der Waals surface area (Å²) in [4.78, 5) is 27.8. The van der Waals surface area contributed by atoms with Crippen LogP contribution >= 0.6 is 11.6 Å². The van der Waals surface area contributed by atoms with Crippen LogP contribution in [0.3, 0.4) is 0 Å². The summed E-state index contributed by atoms with van der Waals surface area (Å²) in [6, 6.07) is 15.3. The quantitative estimate of drug-likeness (QED) is 0.490. The smallest absolute Gasteiger partial charge is 0.244 e. The average Bonchev–Trinajstić information content (AvgIpc) is 2.78. The number of hydrogen-bond donors (Lipinski definition) is 1. The maximum Gasteiger partial charge on any atom is 0.244 e. The normalized spacial score (nSPS) is 12.1. The van der Waals surface area contributed by atoms with Crippen molar-refractivity contribution in [1.29, 1.82) is 0 Å². The maximum absolute atomic E-state index is 13.5. The second-order valence-electron chi connectivity index (χ2n) is 7.79. The van der Waals surface area contributed by atoms with Crippen LogP contribution in [0.2, 0.25) is 5.02 Å². The number of carbonyl (C=O) groups excluding carboxylic acids is 2. The van der Waals surface area contributed by atoms with Crippen molar-refractivity contribution in [2.24, 2.45) is 0 Å². The lowest BCUT2D eigenvalue weighted by Crippen LogP contribution is -2.53. The van der Waals surface area contributed by atoms with Crippen LogP contribution in [0.1, 0.15) is 32.3 Å². The lowest BCUT2D eigenvalue weighted by Gasteiger charge is -2.32. The predicted molar refractivity (Wildman–Crippen MR) is 133 cm³/mol. The molecule has 2 aromatic carbocycles. The molecule has 0 spiro atoms. The van der Waals surface area contributed by atoms with Crippen molar-refractivity contribution in [3.8, 4) is 0 Å². The van der Waals surface area contributed by atoms with Gasteiger partial charge in [0.05, 0.1) is 11.9 Å². The molecule has 0 saturated carbocycles. The number of hydrogen-bond acceptors (Lipinski definition) is 4. The summed E-state index contributed by atoms with van der Waals surface area (Å²) in [5.74, 6) is -0.691. The van der Waals surface area contributed by atoms with Crippen molar-refractivity contribution in [3.05, 3.63) is 65.2 Å². The van der Waals surface area contributed by atoms with Crippen LogP contribution in [-0.4, -0.2) is 57.1 Å². The van der Waals surface area contributed by atoms with Crippen LogP contribution in [0, 0.1) is 0 Å². The lowest BCUT2D eigenvalue weighted by atomic mass is 10.1. The number of nitrogens with zero attached hydrogens (tertiary/aromatic N) is 2. The zero-order valence-corrected chi connectivity index (χ0v) is 20.9. The molecule has 0 saturated heterocycles. The molecule has 2 amide bonds. The van der Waals surface area contributed by atoms with E-state index in [2.05, 4.69) is 5.32 Å². The van der Waals surface area contributed by atoms with E-state index in [0.29, 0.717) is 30.1 Å². The van der Waals surface area contributed by atoms with Crippen molar-refractivity contribution in [2.75, 3.05) is 30.2 Å². The molecule has 0 heterocycles. The summed E-state index contributed by atoms with van der Waals surface area (Å²) in [7, 11) is -3.77. The van der Waals surface area contributed by atoms with Gasteiger partial charge in [0.1, 0.15) is 12.6 Å². The number of sulfonamides is 1. The summed E-state index contributed by atoms with van der Waals surface area (Å²) in [5.41, 5.74) is 1.32. The third-order valence-corrected chi connectivity index (χ3v) is 6.57. The molecule has 1 N–H and O–H groups in total. The van der Waals surface area contributed by atoms with Gasteiger partial charge in [0.25, 0.3) is 0 Å². The van der Waals surface area contributed by atoms with Crippen molar-refractivity contribution in [3.63, 3.8) is 0 Å². The number of amides is 2. The Morgan fingerprint density at radius 3 is 2.33 bits per heavy atom. The first-order valence-electron chi connectivity index (χ1n) is 11.0. The average molecular weight is 494 g/mol. The first kappa shape index (κ1) is 26.7. The molecule has 0 radical (unpaired) electrons. The number of benzene rings is 2. The van der Waals surface area contributed by atoms with E-state index in [9.17, 15) is 18.0 Å². The van der Waals surface area contributed by atoms with E-state index in [1.807, 2.05) is 44.2 Å². The Labute approximate surface area is 201 Å². The van der Waals surface area contributed by atoms with Gasteiger partial charge in [-0.3, -0.25) is 13.9 Å². The van der Waals surface area contributed by atoms with Gasteiger partial charge in [-0.2, -0.15) is 0 Å². The van der Waals surface area contributed by atoms with E-state index < -0.39 is 28.5 Å². The maximum atomic E-state index is 13.5. The van der Waals surface area contributed by atoms with Crippen LogP contribution in [-0.2, 0) is 26.0 Å². The molecule has 7 nitrogen and oxygen atoms in total. The number of nitrogens with one attached hydrogen (secondary N) is 1. The molecule has 180 valence electrons. The van der Waals surface area contributed by atoms with Gasteiger partial charge in [-0.25, -0.2) is 8.42 Å². The Bertz CT molecular complexity index is 1030. The zero-order chi connectivity index (χ0) is 24.4. The largest absolute Gasteiger partial charge is 0.354 e. The standard InChI is InChI=1S/C24H32ClN3O4S/c1-4-15-26-24(30)22(5-2)27(16-14-19-10-7-6-8-11-19)23(29)18-28(33(3,31)32)21-13-9-12-20(25)17-21/h6-13,17,22H,4-5,14-16,18H2,1-3H3,(H,26,30)/t22-/m1/s1. The van der Waals surface area contributed by atoms with Crippen LogP contribution < -0.4 is 9.62 Å². The first-order valence-corrected chi connectivity index (χ1v) is 13.2. The van der Waals surface area contributed by atoms with E-state index in [1.165, 1.54) is 11.0 Å². The van der Waals surface area contributed by atoms with Crippen LogP contribution in [0.4, 0.5) is 5.69 Å². The summed E-state index contributed by atoms with van der Waals surface area (Å²) >= 11 is 6.05. The fourth-order valence-electron chi connectivity index (χ4n) is 3.51. The van der Waals surface area contributed by atoms with Crippen LogP contribution in [0.5, 0.6) is 0 Å². The van der Waals surface area contributed by atoms with Crippen molar-refractivity contribution in [2.45, 2.75) is 39.2 Å². The molecule has 2 aromatic rings. The summed E-state index contributed by atoms with van der Waals surface area (Å²) < 4.78 is 26.1. The SMILES string of the molecule is CCCNC(=O)[C@@H](CC)N(CCc1ccccc1)C(=O)CN(c1cccc(Cl)c1)S(C)(=O)=O. The minimum absolute atomic E-state index is 0.241. The Morgan fingerprint density at radius 2 is 1.76 bits per heavy atom. The topological polar surface area (TPSA) is 86.8 Å². The molecular weight excluding hydrogens is 462 g/mol. The molecule has 0 aromatic heterocycles. The predicted octanol–water partition coefficient (Wildman–Crippen LogP) is 3.48. The van der Waals surface area contributed by atoms with E-state index in [4.69, 9.17) is 11.6 Å². The molecule has 0 unspecified atom stereocenters. The van der Waals surface area contributed by atoms with Crippen molar-refractivity contribution < 1.29 is 18.0 Å². The summed E-state index contributed by atoms with van der Waals surface area (Å²) in [6.45, 7) is 4.16. The minimum Gasteiger partial charge on any atom is -0.354 e. The van der Waals surface area contributed by atoms with Crippen LogP contribution in [0.15, 0.2) is 54.6 Å². The molecule has 0 aliphatic heterocycles. The molecule has 9 heteroatoms. The highest BCUT2D eigenvalue weighted by atomic mass is 35.5. The molecule has 0 bridgehead atoms. The van der Waals surface area contributed by atoms with Gasteiger partial charge in [0.15, 0.2) is 0 Å². The zero-order valence-electron chi connectivity index (χ0n) is 19.3. The van der Waals surface area contributed by atoms with E-state index in [1.54, 1.807) is 18.2 Å². The Kier molecular flexibility index (Phi) is 10.2. The summed E-state index contributed by atoms with van der Waals surface area (Å²) in [5, 5.41) is 3.22. The van der Waals surface area contributed by atoms with E-state index in [0.717, 1.165) is 22.5 Å². The molecule has 1 atom stereocenters. The highest BCUT2D eigenvalue weighted by molar-refractivity contribution is 7.92. The third-order valence-electron chi connectivity index (χ3n) is 5.19. The molecule has 0 aliphatic carbocycles. The van der Waals surface area contributed by atoms with E-state index in [-0.39, 0.29) is 12.5 Å². The van der Waals surface area contributed by atoms with Crippen molar-refractivity contribution in [1.82, 2.24) is 10.2 Å². The monoisotopic (exact) mass is 493 g/mol. The van der Waals surface area contributed by atoms with Gasteiger partial charge >= 0.3 is 0 Å². The number of halogens is 1. The number of carbonyl (C=O) groups is 2. The molecule has 0 aliphatic rings. The highest BCUT2D eigenvalue weighted by Gasteiger charge is 2.31. The van der Waals surface area contributed by atoms with Gasteiger partial charge in [-0.05, 0) is 43.0 Å². The molecule has 33 heavy (non-hydrogen) atoms. The van der Waals surface area contributed by atoms with Gasteiger partial charge in [0, 0.05) is 18.1 Å². The number of rotatable bonds is 12. The Hall–Kier alpha value is -2.58. The minimum atomic E-state index is -3.77. The Morgan fingerprint density at radius 1 is 1.06 bits per heavy atom. The van der Waals surface area contributed by atoms with Crippen molar-refractivity contribution >= 4 is 39.1 Å². The highest BCUT2D eigenvalue weighted by Crippen LogP contribution is 2.22. The van der Waals surface area contributed by atoms with Crippen LogP contribution in [0.25, 0.3) is 0 Å². The van der Waals surface area contributed by atoms with Gasteiger partial charge in [0.2, 0.25) is 21.8 Å². The van der Waals surface area contributed by atoms with E-state index >= 15 is 0 Å². The first-order chi connectivity index (χ1) is 15.7. The lowest BCUT2D eigenvalue weighted by molar-refractivity contribution is -0.139. The Balaban J connectivity index is 2.33. The third kappa shape index (κ3) is 8.05. The second-order valence-corrected chi connectivity index (χ2v) is 10.1. The molecular formula is C24H32ClN3O4S. The van der Waals surface area contributed by atoms with Gasteiger partial charge in [-0.1, -0.05) is 61.8 Å². The van der Waals surface area contributed by atoms with Gasteiger partial charge < -0.3 is 10.2 Å². The number of anilines is 1. The fourth-order valence-corrected chi connectivity index (χ4v) is 4.53. The summed E-state index contributed by atoms with van der Waals surface area (Å²) in [6.07, 6.45) is 2.77. The fraction of sp³-hybridized carbons (Fsp3) is 0.417. The van der Waals surface area contributed by atoms with Gasteiger partial charge in [-0.15, -0.1) is 0 Å². The molecule has 2 rings (SSSR count). The molecule has 0 fully saturated rings.